The first kappa shape index (κ1) is 18.9. The molecule has 5 heteroatoms. The van der Waals surface area contributed by atoms with E-state index in [2.05, 4.69) is 16.9 Å². The zero-order chi connectivity index (χ0) is 15.3. The monoisotopic (exact) mass is 417 g/mol. The highest BCUT2D eigenvalue weighted by Crippen LogP contribution is 2.41. The fourth-order valence-electron chi connectivity index (χ4n) is 2.93. The molecule has 2 rings (SSSR count). The van der Waals surface area contributed by atoms with Crippen LogP contribution in [-0.2, 0) is 5.41 Å². The van der Waals surface area contributed by atoms with Crippen molar-refractivity contribution in [1.82, 2.24) is 5.32 Å². The Morgan fingerprint density at radius 1 is 1.32 bits per heavy atom. The summed E-state index contributed by atoms with van der Waals surface area (Å²) in [7, 11) is 0. The Labute approximate surface area is 149 Å². The molecule has 0 aliphatic heterocycles. The maximum atomic E-state index is 13.1. The Balaban J connectivity index is 0.00000242. The molecular formula is C17H25FIN3. The number of nitrogens with zero attached hydrogens (tertiary/aromatic N) is 1. The van der Waals surface area contributed by atoms with Crippen molar-refractivity contribution >= 4 is 29.9 Å². The zero-order valence-corrected chi connectivity index (χ0v) is 15.4. The maximum Gasteiger partial charge on any atom is 0.188 e. The van der Waals surface area contributed by atoms with Gasteiger partial charge in [-0.15, -0.1) is 24.0 Å². The van der Waals surface area contributed by atoms with Crippen molar-refractivity contribution in [2.75, 3.05) is 13.1 Å². The Bertz CT molecular complexity index is 519. The van der Waals surface area contributed by atoms with Gasteiger partial charge in [-0.25, -0.2) is 4.39 Å². The molecule has 1 aliphatic carbocycles. The van der Waals surface area contributed by atoms with Crippen molar-refractivity contribution in [3.63, 3.8) is 0 Å². The average molecular weight is 417 g/mol. The molecule has 0 atom stereocenters. The van der Waals surface area contributed by atoms with Gasteiger partial charge in [0.25, 0.3) is 0 Å². The molecule has 3 N–H and O–H groups in total. The molecule has 1 aromatic carbocycles. The van der Waals surface area contributed by atoms with Crippen molar-refractivity contribution in [2.24, 2.45) is 10.7 Å². The molecule has 122 valence electrons. The normalized spacial score (nSPS) is 16.9. The van der Waals surface area contributed by atoms with Crippen molar-refractivity contribution < 1.29 is 4.39 Å². The lowest BCUT2D eigenvalue weighted by Gasteiger charge is -2.28. The number of guanidine groups is 1. The Hall–Kier alpha value is -1.11. The average Bonchev–Trinajstić information content (AvgIpc) is 2.93. The van der Waals surface area contributed by atoms with Crippen molar-refractivity contribution in [2.45, 2.75) is 38.0 Å². The first-order chi connectivity index (χ1) is 10.0. The summed E-state index contributed by atoms with van der Waals surface area (Å²) in [5.41, 5.74) is 8.08. The van der Waals surface area contributed by atoms with Gasteiger partial charge in [0, 0.05) is 12.0 Å². The third kappa shape index (κ3) is 4.97. The largest absolute Gasteiger partial charge is 0.370 e. The molecule has 0 amide bonds. The van der Waals surface area contributed by atoms with E-state index in [9.17, 15) is 4.39 Å². The van der Waals surface area contributed by atoms with Crippen LogP contribution in [0.25, 0.3) is 0 Å². The summed E-state index contributed by atoms with van der Waals surface area (Å²) in [6, 6.07) is 6.82. The molecule has 1 fully saturated rings. The predicted molar refractivity (Wildman–Crippen MR) is 101 cm³/mol. The van der Waals surface area contributed by atoms with E-state index < -0.39 is 0 Å². The smallest absolute Gasteiger partial charge is 0.188 e. The molecule has 0 saturated heterocycles. The van der Waals surface area contributed by atoms with E-state index in [1.165, 1.54) is 25.0 Å². The third-order valence-corrected chi connectivity index (χ3v) is 4.14. The van der Waals surface area contributed by atoms with Crippen molar-refractivity contribution in [3.05, 3.63) is 47.8 Å². The maximum absolute atomic E-state index is 13.1. The van der Waals surface area contributed by atoms with E-state index >= 15 is 0 Å². The lowest BCUT2D eigenvalue weighted by molar-refractivity contribution is 0.452. The third-order valence-electron chi connectivity index (χ3n) is 4.14. The first-order valence-electron chi connectivity index (χ1n) is 7.46. The van der Waals surface area contributed by atoms with Crippen molar-refractivity contribution in [3.8, 4) is 0 Å². The number of hydrogen-bond acceptors (Lipinski definition) is 1. The fraction of sp³-hybridized carbons (Fsp3) is 0.471. The van der Waals surface area contributed by atoms with E-state index in [0.29, 0.717) is 19.0 Å². The minimum Gasteiger partial charge on any atom is -0.370 e. The van der Waals surface area contributed by atoms with E-state index in [4.69, 9.17) is 5.73 Å². The summed E-state index contributed by atoms with van der Waals surface area (Å²) in [4.78, 5) is 4.50. The first-order valence-corrected chi connectivity index (χ1v) is 7.46. The lowest BCUT2D eigenvalue weighted by atomic mass is 9.79. The second-order valence-electron chi connectivity index (χ2n) is 6.01. The molecule has 0 unspecified atom stereocenters. The highest BCUT2D eigenvalue weighted by atomic mass is 127. The molecular weight excluding hydrogens is 392 g/mol. The van der Waals surface area contributed by atoms with Crippen LogP contribution in [0.2, 0.25) is 0 Å². The van der Waals surface area contributed by atoms with Crippen LogP contribution in [-0.4, -0.2) is 19.0 Å². The summed E-state index contributed by atoms with van der Waals surface area (Å²) in [6.45, 7) is 7.05. The summed E-state index contributed by atoms with van der Waals surface area (Å²) in [5, 5.41) is 3.05. The minimum absolute atomic E-state index is 0. The molecule has 0 spiro atoms. The van der Waals surface area contributed by atoms with Gasteiger partial charge in [-0.2, -0.15) is 0 Å². The highest BCUT2D eigenvalue weighted by molar-refractivity contribution is 14.0. The summed E-state index contributed by atoms with van der Waals surface area (Å²) >= 11 is 0. The molecule has 22 heavy (non-hydrogen) atoms. The van der Waals surface area contributed by atoms with Gasteiger partial charge in [-0.1, -0.05) is 37.1 Å². The number of nitrogens with one attached hydrogen (secondary N) is 1. The number of nitrogens with two attached hydrogens (primary N) is 1. The topological polar surface area (TPSA) is 50.4 Å². The number of halogens is 2. The van der Waals surface area contributed by atoms with E-state index in [-0.39, 0.29) is 35.2 Å². The van der Waals surface area contributed by atoms with Gasteiger partial charge in [0.05, 0.1) is 6.54 Å². The van der Waals surface area contributed by atoms with Crippen LogP contribution < -0.4 is 11.1 Å². The lowest BCUT2D eigenvalue weighted by Crippen LogP contribution is -2.35. The van der Waals surface area contributed by atoms with Crippen LogP contribution in [0.15, 0.2) is 41.4 Å². The van der Waals surface area contributed by atoms with Gasteiger partial charge < -0.3 is 11.1 Å². The summed E-state index contributed by atoms with van der Waals surface area (Å²) in [5.74, 6) is 0.254. The molecule has 1 saturated carbocycles. The molecule has 1 aliphatic rings. The van der Waals surface area contributed by atoms with E-state index in [0.717, 1.165) is 24.0 Å². The van der Waals surface area contributed by atoms with Crippen LogP contribution in [0.4, 0.5) is 4.39 Å². The van der Waals surface area contributed by atoms with E-state index in [1.54, 1.807) is 0 Å². The Morgan fingerprint density at radius 2 is 1.91 bits per heavy atom. The highest BCUT2D eigenvalue weighted by Gasteiger charge is 2.35. The summed E-state index contributed by atoms with van der Waals surface area (Å²) < 4.78 is 13.1. The van der Waals surface area contributed by atoms with Crippen LogP contribution in [0.1, 0.15) is 38.2 Å². The van der Waals surface area contributed by atoms with Gasteiger partial charge in [-0.3, -0.25) is 4.99 Å². The second-order valence-corrected chi connectivity index (χ2v) is 6.01. The molecule has 0 bridgehead atoms. The van der Waals surface area contributed by atoms with Gasteiger partial charge in [-0.05, 0) is 37.5 Å². The van der Waals surface area contributed by atoms with E-state index in [1.807, 2.05) is 19.1 Å². The molecule has 0 aromatic heterocycles. The standard InChI is InChI=1S/C17H24FN3.HI/c1-13(2)11-20-16(19)21-12-17(9-3-4-10-17)14-5-7-15(18)8-6-14;/h5-8H,1,3-4,9-12H2,2H3,(H3,19,20,21);1H. The van der Waals surface area contributed by atoms with Crippen LogP contribution in [0.5, 0.6) is 0 Å². The quantitative estimate of drug-likeness (QED) is 0.332. The molecule has 3 nitrogen and oxygen atoms in total. The second kappa shape index (κ2) is 8.50. The van der Waals surface area contributed by atoms with Crippen LogP contribution >= 0.6 is 24.0 Å². The van der Waals surface area contributed by atoms with Gasteiger partial charge >= 0.3 is 0 Å². The Morgan fingerprint density at radius 3 is 2.45 bits per heavy atom. The number of rotatable bonds is 5. The fourth-order valence-corrected chi connectivity index (χ4v) is 2.93. The van der Waals surface area contributed by atoms with Crippen molar-refractivity contribution in [1.29, 1.82) is 0 Å². The van der Waals surface area contributed by atoms with Crippen LogP contribution in [0, 0.1) is 5.82 Å². The van der Waals surface area contributed by atoms with Gasteiger partial charge in [0.15, 0.2) is 5.96 Å². The molecule has 0 heterocycles. The Kier molecular flexibility index (Phi) is 7.32. The number of aliphatic imine (C=N–C) groups is 1. The number of hydrogen-bond donors (Lipinski definition) is 2. The predicted octanol–water partition coefficient (Wildman–Crippen LogP) is 3.74. The van der Waals surface area contributed by atoms with Gasteiger partial charge in [0.2, 0.25) is 0 Å². The van der Waals surface area contributed by atoms with Gasteiger partial charge in [0.1, 0.15) is 5.82 Å². The van der Waals surface area contributed by atoms with Crippen LogP contribution in [0.3, 0.4) is 0 Å². The SMILES string of the molecule is C=C(C)CNC(N)=NCC1(c2ccc(F)cc2)CCCC1.I. The molecule has 1 aromatic rings. The number of benzene rings is 1. The molecule has 0 radical (unpaired) electrons. The summed E-state index contributed by atoms with van der Waals surface area (Å²) in [6.07, 6.45) is 4.53. The zero-order valence-electron chi connectivity index (χ0n) is 13.1. The minimum atomic E-state index is -0.196.